The number of H-pyrrole nitrogens is 3. The lowest BCUT2D eigenvalue weighted by Gasteiger charge is -2.31. The normalized spacial score (nSPS) is 15.8. The van der Waals surface area contributed by atoms with Gasteiger partial charge in [-0.3, -0.25) is 47.9 Å². The van der Waals surface area contributed by atoms with Crippen molar-refractivity contribution in [1.82, 2.24) is 67.4 Å². The standard InChI is InChI=1S/C74H98N16O11S2/c1-44(76)65(92)57(22-12-13-32-75)83-69(96)59(30-27-46-25-28-51(91)29-26-46)85-70(97)60(31-35-103-4)86-68(95)58(23-15-34-102-3)84-66(93)45(2)82-71(98)61(37-48-40-79-55-20-10-8-18-52(48)55)88-73(100)64-24-14-33-90(64)74(101)63(39-50-42-78-43-81-50)89-72(99)62(38-49-41-80-56-21-11-9-19-53(49)56)87-67(94)54(77)36-47-16-6-5-7-17-47/h5-11,16-21,25-26,28-29,40-45,54,57-64,79-80,91H,12-15,22-24,27,30-39,75-77H2,1-4H3,(H,78,81)(H,82,98)(H,83,96)(H,84,93)(H,85,97)(H,86,95)(H,87,94)(H,88,100)(H,89,99)/t44-,45-,54-,57-,58-,59-,60-,61-,62-,63-,64-/m1/s1. The molecule has 0 radical (unpaired) electrons. The maximum Gasteiger partial charge on any atom is 0.246 e. The number of phenols is 1. The van der Waals surface area contributed by atoms with Gasteiger partial charge < -0.3 is 84.7 Å². The van der Waals surface area contributed by atoms with E-state index in [1.165, 1.54) is 66.9 Å². The maximum absolute atomic E-state index is 15.2. The summed E-state index contributed by atoms with van der Waals surface area (Å²) in [6.45, 7) is 3.44. The summed E-state index contributed by atoms with van der Waals surface area (Å²) in [6.07, 6.45) is 13.2. The number of imidazole rings is 1. The average molecular weight is 1450 g/mol. The van der Waals surface area contributed by atoms with Crippen LogP contribution in [0.5, 0.6) is 5.75 Å². The zero-order valence-corrected chi connectivity index (χ0v) is 60.3. The van der Waals surface area contributed by atoms with Gasteiger partial charge in [-0.15, -0.1) is 0 Å². The average Bonchev–Trinajstić information content (AvgIpc) is 1.67. The van der Waals surface area contributed by atoms with Gasteiger partial charge in [0.25, 0.3) is 0 Å². The Balaban J connectivity index is 0.984. The Labute approximate surface area is 607 Å². The van der Waals surface area contributed by atoms with Crippen LogP contribution in [0.4, 0.5) is 0 Å². The molecule has 11 atom stereocenters. The van der Waals surface area contributed by atoms with Crippen molar-refractivity contribution in [2.75, 3.05) is 37.1 Å². The van der Waals surface area contributed by atoms with Gasteiger partial charge in [0.05, 0.1) is 24.5 Å². The summed E-state index contributed by atoms with van der Waals surface area (Å²) in [7, 11) is 0. The van der Waals surface area contributed by atoms with Crippen molar-refractivity contribution in [2.24, 2.45) is 17.2 Å². The maximum atomic E-state index is 15.2. The molecule has 1 aliphatic heterocycles. The molecular weight excluding hydrogens is 1350 g/mol. The fourth-order valence-electron chi connectivity index (χ4n) is 12.6. The third kappa shape index (κ3) is 23.2. The summed E-state index contributed by atoms with van der Waals surface area (Å²) in [6, 6.07) is 17.6. The van der Waals surface area contributed by atoms with Crippen LogP contribution < -0.4 is 59.7 Å². The van der Waals surface area contributed by atoms with Gasteiger partial charge in [-0.1, -0.05) is 78.9 Å². The second kappa shape index (κ2) is 39.8. The SMILES string of the molecule is CSCCC[C@@H](NC(=O)[C@@H](C)NC(=O)[C@@H](Cc1c[nH]c2ccccc12)NC(=O)[C@H]1CCCN1C(=O)[C@@H](Cc1cnc[nH]1)NC(=O)[C@@H](Cc1c[nH]c2ccccc12)NC(=O)[C@H](N)Cc1ccccc1)C(=O)N[C@H](CCSC)C(=O)N[C@H](CCc1ccc(O)cc1)C(=O)N[C@H](CCCCN)C(=O)[C@@H](C)N. The number of rotatable bonds is 41. The Morgan fingerprint density at radius 3 is 1.68 bits per heavy atom. The number of hydrogen-bond acceptors (Lipinski definition) is 17. The van der Waals surface area contributed by atoms with Crippen molar-refractivity contribution in [3.63, 3.8) is 0 Å². The van der Waals surface area contributed by atoms with Gasteiger partial charge in [0, 0.05) is 71.9 Å². The molecule has 552 valence electrons. The number of nitrogens with one attached hydrogen (secondary N) is 11. The number of carbonyl (C=O) groups is 10. The van der Waals surface area contributed by atoms with E-state index in [0.717, 1.165) is 38.5 Å². The molecule has 0 saturated carbocycles. The number of aryl methyl sites for hydroxylation is 1. The summed E-state index contributed by atoms with van der Waals surface area (Å²) in [5, 5.41) is 34.3. The minimum atomic E-state index is -1.35. The van der Waals surface area contributed by atoms with Crippen LogP contribution in [0.1, 0.15) is 99.6 Å². The smallest absolute Gasteiger partial charge is 0.246 e. The number of benzene rings is 4. The van der Waals surface area contributed by atoms with E-state index in [1.54, 1.807) is 24.5 Å². The van der Waals surface area contributed by atoms with Crippen LogP contribution in [0.2, 0.25) is 0 Å². The fourth-order valence-corrected chi connectivity index (χ4v) is 13.5. The van der Waals surface area contributed by atoms with Crippen molar-refractivity contribution < 1.29 is 53.1 Å². The van der Waals surface area contributed by atoms with Crippen LogP contribution in [0.15, 0.2) is 128 Å². The van der Waals surface area contributed by atoms with E-state index < -0.39 is 125 Å². The number of aromatic amines is 3. The first-order valence-corrected chi connectivity index (χ1v) is 37.8. The number of aromatic nitrogens is 4. The Hall–Kier alpha value is -9.55. The molecule has 27 nitrogen and oxygen atoms in total. The van der Waals surface area contributed by atoms with Crippen LogP contribution in [0.3, 0.4) is 0 Å². The zero-order valence-electron chi connectivity index (χ0n) is 58.7. The highest BCUT2D eigenvalue weighted by atomic mass is 32.2. The minimum Gasteiger partial charge on any atom is -0.508 e. The largest absolute Gasteiger partial charge is 0.508 e. The van der Waals surface area contributed by atoms with Crippen molar-refractivity contribution in [3.8, 4) is 5.75 Å². The molecule has 3 aromatic heterocycles. The lowest BCUT2D eigenvalue weighted by molar-refractivity contribution is -0.142. The first-order chi connectivity index (χ1) is 49.6. The molecule has 29 heteroatoms. The molecule has 1 saturated heterocycles. The molecule has 1 aliphatic rings. The van der Waals surface area contributed by atoms with Gasteiger partial charge in [0.1, 0.15) is 54.1 Å². The molecule has 8 rings (SSSR count). The molecule has 4 heterocycles. The lowest BCUT2D eigenvalue weighted by atomic mass is 9.99. The van der Waals surface area contributed by atoms with Crippen molar-refractivity contribution in [3.05, 3.63) is 156 Å². The molecule has 7 aromatic rings. The molecule has 0 spiro atoms. The highest BCUT2D eigenvalue weighted by Gasteiger charge is 2.41. The molecule has 18 N–H and O–H groups in total. The van der Waals surface area contributed by atoms with Gasteiger partial charge in [-0.2, -0.15) is 23.5 Å². The van der Waals surface area contributed by atoms with Crippen molar-refractivity contribution in [2.45, 2.75) is 170 Å². The molecule has 1 fully saturated rings. The van der Waals surface area contributed by atoms with Crippen LogP contribution in [-0.4, -0.2) is 192 Å². The Bertz CT molecular complexity index is 3970. The van der Waals surface area contributed by atoms with E-state index in [9.17, 15) is 48.3 Å². The minimum absolute atomic E-state index is 0.0168. The van der Waals surface area contributed by atoms with E-state index in [-0.39, 0.29) is 76.5 Å². The number of para-hydroxylation sites is 2. The molecule has 4 aromatic carbocycles. The number of nitrogens with two attached hydrogens (primary N) is 3. The number of hydrogen-bond donors (Lipinski definition) is 15. The molecule has 9 amide bonds. The first kappa shape index (κ1) is 79.2. The highest BCUT2D eigenvalue weighted by Crippen LogP contribution is 2.25. The second-order valence-corrected chi connectivity index (χ2v) is 28.1. The Kier molecular flexibility index (Phi) is 30.6. The number of amides is 9. The number of fused-ring (bicyclic) bond motifs is 2. The number of unbranched alkanes of at least 4 members (excludes halogenated alkanes) is 1. The van der Waals surface area contributed by atoms with E-state index in [1.807, 2.05) is 91.4 Å². The lowest BCUT2D eigenvalue weighted by Crippen LogP contribution is -2.60. The molecule has 103 heavy (non-hydrogen) atoms. The van der Waals surface area contributed by atoms with Gasteiger partial charge in [0.15, 0.2) is 5.78 Å². The number of thioether (sulfide) groups is 2. The monoisotopic (exact) mass is 1450 g/mol. The molecule has 0 unspecified atom stereocenters. The predicted molar refractivity (Wildman–Crippen MR) is 399 cm³/mol. The number of aromatic hydroxyl groups is 1. The summed E-state index contributed by atoms with van der Waals surface area (Å²) in [5.74, 6) is -5.48. The Morgan fingerprint density at radius 2 is 1.08 bits per heavy atom. The van der Waals surface area contributed by atoms with E-state index in [2.05, 4.69) is 62.5 Å². The quantitative estimate of drug-likeness (QED) is 0.0245. The molecular formula is C74H98N16O11S2. The van der Waals surface area contributed by atoms with E-state index >= 15 is 4.79 Å². The number of ketones is 1. The number of phenolic OH excluding ortho intramolecular Hbond substituents is 1. The number of nitrogens with zero attached hydrogens (tertiary/aromatic N) is 2. The predicted octanol–water partition coefficient (Wildman–Crippen LogP) is 3.14. The molecule has 0 bridgehead atoms. The van der Waals surface area contributed by atoms with Crippen LogP contribution in [0.25, 0.3) is 21.8 Å². The number of Topliss-reactive ketones (excluding diaryl/α,β-unsaturated/α-hetero) is 1. The zero-order chi connectivity index (χ0) is 74.0. The first-order valence-electron chi connectivity index (χ1n) is 35.0. The van der Waals surface area contributed by atoms with Gasteiger partial charge in [-0.25, -0.2) is 4.98 Å². The number of carbonyl (C=O) groups excluding carboxylic acids is 10. The van der Waals surface area contributed by atoms with E-state index in [0.29, 0.717) is 55.0 Å². The summed E-state index contributed by atoms with van der Waals surface area (Å²) < 4.78 is 0. The molecule has 0 aliphatic carbocycles. The third-order valence-electron chi connectivity index (χ3n) is 18.3. The van der Waals surface area contributed by atoms with Crippen molar-refractivity contribution >= 4 is 104 Å². The van der Waals surface area contributed by atoms with Gasteiger partial charge in [0.2, 0.25) is 53.2 Å². The van der Waals surface area contributed by atoms with E-state index in [4.69, 9.17) is 17.2 Å². The summed E-state index contributed by atoms with van der Waals surface area (Å²) in [5.41, 5.74) is 23.2. The Morgan fingerprint density at radius 1 is 0.544 bits per heavy atom. The topological polar surface area (TPSA) is 429 Å². The summed E-state index contributed by atoms with van der Waals surface area (Å²) in [4.78, 5) is 160. The van der Waals surface area contributed by atoms with Crippen LogP contribution >= 0.6 is 23.5 Å². The van der Waals surface area contributed by atoms with Gasteiger partial charge >= 0.3 is 0 Å². The van der Waals surface area contributed by atoms with Crippen LogP contribution in [0, 0.1) is 0 Å². The second-order valence-electron chi connectivity index (χ2n) is 26.1. The van der Waals surface area contributed by atoms with Gasteiger partial charge in [-0.05, 0) is 162 Å². The summed E-state index contributed by atoms with van der Waals surface area (Å²) >= 11 is 2.95. The van der Waals surface area contributed by atoms with Crippen LogP contribution in [-0.2, 0) is 80.0 Å². The third-order valence-corrected chi connectivity index (χ3v) is 19.7. The van der Waals surface area contributed by atoms with Crippen molar-refractivity contribution in [1.29, 1.82) is 0 Å². The highest BCUT2D eigenvalue weighted by molar-refractivity contribution is 7.98. The fraction of sp³-hybridized carbons (Fsp3) is 0.446. The number of likely N-dealkylation sites (tertiary alicyclic amines) is 1.